The summed E-state index contributed by atoms with van der Waals surface area (Å²) in [5.74, 6) is 0.187. The molecule has 3 aromatic carbocycles. The SMILES string of the molecule is COc1ccc(F)cc1N1c2ccccc2C(N)N(Cc2ccccc2)C1N. The number of hydrogen-bond donors (Lipinski definition) is 2. The summed E-state index contributed by atoms with van der Waals surface area (Å²) in [5, 5.41) is 0. The van der Waals surface area contributed by atoms with Crippen molar-refractivity contribution in [1.29, 1.82) is 0 Å². The van der Waals surface area contributed by atoms with Crippen LogP contribution in [0.1, 0.15) is 17.3 Å². The molecule has 0 saturated carbocycles. The number of anilines is 2. The van der Waals surface area contributed by atoms with Crippen molar-refractivity contribution in [3.05, 3.63) is 89.7 Å². The van der Waals surface area contributed by atoms with Gasteiger partial charge in [-0.25, -0.2) is 9.29 Å². The lowest BCUT2D eigenvalue weighted by atomic mass is 10.0. The van der Waals surface area contributed by atoms with Crippen LogP contribution < -0.4 is 21.1 Å². The fraction of sp³-hybridized carbons (Fsp3) is 0.182. The molecule has 0 fully saturated rings. The quantitative estimate of drug-likeness (QED) is 0.725. The zero-order valence-corrected chi connectivity index (χ0v) is 15.6. The van der Waals surface area contributed by atoms with E-state index in [0.717, 1.165) is 16.8 Å². The van der Waals surface area contributed by atoms with Gasteiger partial charge in [-0.15, -0.1) is 0 Å². The molecule has 3 aromatic rings. The molecule has 0 bridgehead atoms. The fourth-order valence-corrected chi connectivity index (χ4v) is 3.70. The normalized spacial score (nSPS) is 19.4. The number of ether oxygens (including phenoxy) is 1. The van der Waals surface area contributed by atoms with E-state index in [9.17, 15) is 4.39 Å². The minimum absolute atomic E-state index is 0.357. The first kappa shape index (κ1) is 18.4. The van der Waals surface area contributed by atoms with Crippen molar-refractivity contribution >= 4 is 11.4 Å². The zero-order chi connectivity index (χ0) is 19.7. The molecule has 144 valence electrons. The molecule has 1 aliphatic heterocycles. The fourth-order valence-electron chi connectivity index (χ4n) is 3.70. The second kappa shape index (κ2) is 7.59. The van der Waals surface area contributed by atoms with E-state index in [0.29, 0.717) is 18.0 Å². The van der Waals surface area contributed by atoms with Crippen LogP contribution in [0, 0.1) is 5.82 Å². The van der Waals surface area contributed by atoms with E-state index in [4.69, 9.17) is 16.2 Å². The van der Waals surface area contributed by atoms with E-state index in [-0.39, 0.29) is 12.0 Å². The molecular weight excluding hydrogens is 355 g/mol. The van der Waals surface area contributed by atoms with Crippen molar-refractivity contribution in [2.75, 3.05) is 12.0 Å². The first-order valence-electron chi connectivity index (χ1n) is 9.12. The molecule has 2 atom stereocenters. The maximum absolute atomic E-state index is 14.1. The van der Waals surface area contributed by atoms with Crippen LogP contribution in [0.5, 0.6) is 5.75 Å². The Labute approximate surface area is 163 Å². The molecule has 0 aromatic heterocycles. The molecule has 0 amide bonds. The minimum Gasteiger partial charge on any atom is -0.495 e. The largest absolute Gasteiger partial charge is 0.495 e. The van der Waals surface area contributed by atoms with E-state index in [1.54, 1.807) is 13.2 Å². The van der Waals surface area contributed by atoms with Gasteiger partial charge in [0.2, 0.25) is 0 Å². The molecule has 1 aliphatic rings. The van der Waals surface area contributed by atoms with Crippen molar-refractivity contribution in [3.63, 3.8) is 0 Å². The highest BCUT2D eigenvalue weighted by Crippen LogP contribution is 2.43. The Morgan fingerprint density at radius 2 is 1.64 bits per heavy atom. The van der Waals surface area contributed by atoms with Gasteiger partial charge in [0.15, 0.2) is 0 Å². The van der Waals surface area contributed by atoms with Gasteiger partial charge in [-0.1, -0.05) is 48.5 Å². The highest BCUT2D eigenvalue weighted by atomic mass is 19.1. The lowest BCUT2D eigenvalue weighted by molar-refractivity contribution is 0.121. The number of rotatable bonds is 4. The summed E-state index contributed by atoms with van der Waals surface area (Å²) in [6, 6.07) is 22.2. The average Bonchev–Trinajstić information content (AvgIpc) is 2.72. The maximum Gasteiger partial charge on any atom is 0.142 e. The highest BCUT2D eigenvalue weighted by molar-refractivity contribution is 5.73. The van der Waals surface area contributed by atoms with Crippen LogP contribution in [0.15, 0.2) is 72.8 Å². The van der Waals surface area contributed by atoms with Crippen LogP contribution in [0.3, 0.4) is 0 Å². The third kappa shape index (κ3) is 3.22. The molecular formula is C22H23FN4O. The summed E-state index contributed by atoms with van der Waals surface area (Å²) in [7, 11) is 1.56. The number of benzene rings is 3. The molecule has 4 N–H and O–H groups in total. The number of nitrogens with zero attached hydrogens (tertiary/aromatic N) is 2. The minimum atomic E-state index is -0.596. The van der Waals surface area contributed by atoms with Gasteiger partial charge in [0.1, 0.15) is 17.9 Å². The Morgan fingerprint density at radius 1 is 0.929 bits per heavy atom. The van der Waals surface area contributed by atoms with Crippen LogP contribution in [-0.4, -0.2) is 18.3 Å². The van der Waals surface area contributed by atoms with Gasteiger partial charge in [0, 0.05) is 18.2 Å². The summed E-state index contributed by atoms with van der Waals surface area (Å²) < 4.78 is 19.6. The number of hydrogen-bond acceptors (Lipinski definition) is 5. The summed E-state index contributed by atoms with van der Waals surface area (Å²) in [6.45, 7) is 0.561. The predicted octanol–water partition coefficient (Wildman–Crippen LogP) is 3.69. The van der Waals surface area contributed by atoms with Gasteiger partial charge in [-0.05, 0) is 23.8 Å². The molecule has 28 heavy (non-hydrogen) atoms. The highest BCUT2D eigenvalue weighted by Gasteiger charge is 2.37. The van der Waals surface area contributed by atoms with Crippen molar-refractivity contribution in [1.82, 2.24) is 4.90 Å². The summed E-state index contributed by atoms with van der Waals surface area (Å²) in [5.41, 5.74) is 16.7. The van der Waals surface area contributed by atoms with Crippen molar-refractivity contribution in [2.24, 2.45) is 11.5 Å². The van der Waals surface area contributed by atoms with Gasteiger partial charge >= 0.3 is 0 Å². The van der Waals surface area contributed by atoms with Crippen LogP contribution in [-0.2, 0) is 6.54 Å². The van der Waals surface area contributed by atoms with E-state index >= 15 is 0 Å². The van der Waals surface area contributed by atoms with Crippen LogP contribution in [0.4, 0.5) is 15.8 Å². The average molecular weight is 378 g/mol. The maximum atomic E-state index is 14.1. The van der Waals surface area contributed by atoms with Gasteiger partial charge in [0.25, 0.3) is 0 Å². The van der Waals surface area contributed by atoms with Crippen molar-refractivity contribution in [3.8, 4) is 5.75 Å². The summed E-state index contributed by atoms with van der Waals surface area (Å²) in [6.07, 6.45) is -0.983. The topological polar surface area (TPSA) is 67.8 Å². The summed E-state index contributed by atoms with van der Waals surface area (Å²) >= 11 is 0. The first-order valence-corrected chi connectivity index (χ1v) is 9.12. The Hall–Kier alpha value is -2.93. The summed E-state index contributed by atoms with van der Waals surface area (Å²) in [4.78, 5) is 3.87. The molecule has 6 heteroatoms. The third-order valence-electron chi connectivity index (χ3n) is 5.08. The zero-order valence-electron chi connectivity index (χ0n) is 15.6. The van der Waals surface area contributed by atoms with Crippen LogP contribution in [0.25, 0.3) is 0 Å². The predicted molar refractivity (Wildman–Crippen MR) is 108 cm³/mol. The van der Waals surface area contributed by atoms with E-state index in [1.165, 1.54) is 12.1 Å². The lowest BCUT2D eigenvalue weighted by Gasteiger charge is -2.47. The molecule has 2 unspecified atom stereocenters. The number of methoxy groups -OCH3 is 1. The molecule has 0 saturated heterocycles. The van der Waals surface area contributed by atoms with Crippen molar-refractivity contribution < 1.29 is 9.13 Å². The molecule has 1 heterocycles. The smallest absolute Gasteiger partial charge is 0.142 e. The monoisotopic (exact) mass is 378 g/mol. The van der Waals surface area contributed by atoms with E-state index in [1.807, 2.05) is 64.4 Å². The number of para-hydroxylation sites is 1. The van der Waals surface area contributed by atoms with Crippen LogP contribution in [0.2, 0.25) is 0 Å². The number of halogens is 1. The van der Waals surface area contributed by atoms with E-state index < -0.39 is 6.29 Å². The van der Waals surface area contributed by atoms with Gasteiger partial charge in [-0.2, -0.15) is 0 Å². The van der Waals surface area contributed by atoms with Gasteiger partial charge in [0.05, 0.1) is 24.7 Å². The second-order valence-corrected chi connectivity index (χ2v) is 6.76. The first-order chi connectivity index (χ1) is 13.6. The van der Waals surface area contributed by atoms with Crippen LogP contribution >= 0.6 is 0 Å². The molecule has 5 nitrogen and oxygen atoms in total. The Balaban J connectivity index is 1.83. The Bertz CT molecular complexity index is 966. The standard InChI is InChI=1S/C22H23FN4O/c1-28-20-12-11-16(23)13-19(20)27-18-10-6-5-9-17(18)21(24)26(22(27)25)14-15-7-3-2-4-8-15/h2-13,21-22H,14,24-25H2,1H3. The molecule has 0 spiro atoms. The third-order valence-corrected chi connectivity index (χ3v) is 5.08. The van der Waals surface area contributed by atoms with Gasteiger partial charge in [-0.3, -0.25) is 5.73 Å². The molecule has 4 rings (SSSR count). The van der Waals surface area contributed by atoms with E-state index in [2.05, 4.69) is 0 Å². The Morgan fingerprint density at radius 3 is 2.39 bits per heavy atom. The van der Waals surface area contributed by atoms with Crippen molar-refractivity contribution in [2.45, 2.75) is 19.0 Å². The number of nitrogens with two attached hydrogens (primary N) is 2. The number of fused-ring (bicyclic) bond motifs is 1. The molecule has 0 aliphatic carbocycles. The van der Waals surface area contributed by atoms with Gasteiger partial charge < -0.3 is 15.4 Å². The Kier molecular flexibility index (Phi) is 5.00. The molecule has 0 radical (unpaired) electrons. The second-order valence-electron chi connectivity index (χ2n) is 6.76. The lowest BCUT2D eigenvalue weighted by Crippen LogP contribution is -2.58.